The first-order chi connectivity index (χ1) is 32.2. The van der Waals surface area contributed by atoms with Gasteiger partial charge in [0.25, 0.3) is 11.8 Å². The van der Waals surface area contributed by atoms with Crippen LogP contribution in [0.25, 0.3) is 22.2 Å². The molecule has 3 aromatic carbocycles. The number of imide groups is 1. The Bertz CT molecular complexity index is 2900. The number of pyridine rings is 1. The number of hydrogen-bond acceptors (Lipinski definition) is 10. The number of alkyl halides is 1. The molecule has 2 N–H and O–H groups in total. The summed E-state index contributed by atoms with van der Waals surface area (Å²) < 4.78 is 73.1. The van der Waals surface area contributed by atoms with Gasteiger partial charge in [-0.3, -0.25) is 33.7 Å². The number of fused-ring (bicyclic) bond motifs is 2. The minimum Gasteiger partial charge on any atom is -0.372 e. The van der Waals surface area contributed by atoms with Gasteiger partial charge in [0.05, 0.1) is 11.3 Å². The number of carbonyl (C=O) groups is 4. The van der Waals surface area contributed by atoms with Crippen LogP contribution >= 0.6 is 0 Å². The molecule has 1 radical (unpaired) electrons. The molecule has 0 spiro atoms. The van der Waals surface area contributed by atoms with E-state index in [0.717, 1.165) is 102 Å². The molecule has 4 fully saturated rings. The predicted octanol–water partition coefficient (Wildman–Crippen LogP) is 5.74. The number of halogens is 3. The van der Waals surface area contributed by atoms with Gasteiger partial charge in [-0.25, -0.2) is 18.2 Å². The van der Waals surface area contributed by atoms with Crippen LogP contribution in [-0.2, 0) is 26.3 Å². The Kier molecular flexibility index (Phi) is 11.8. The predicted molar refractivity (Wildman–Crippen MR) is 245 cm³/mol. The van der Waals surface area contributed by atoms with Gasteiger partial charge in [0.15, 0.2) is 5.82 Å². The third kappa shape index (κ3) is 8.52. The number of benzene rings is 3. The maximum Gasteiger partial charge on any atom is 0.301 e. The zero-order valence-corrected chi connectivity index (χ0v) is 37.4. The Morgan fingerprint density at radius 1 is 0.851 bits per heavy atom. The Morgan fingerprint density at radius 2 is 1.58 bits per heavy atom. The van der Waals surface area contributed by atoms with Gasteiger partial charge < -0.3 is 19.7 Å². The average Bonchev–Trinajstić information content (AvgIpc) is 4.06. The lowest BCUT2D eigenvalue weighted by Crippen LogP contribution is -2.52. The number of rotatable bonds is 11. The van der Waals surface area contributed by atoms with E-state index in [4.69, 9.17) is 0 Å². The summed E-state index contributed by atoms with van der Waals surface area (Å²) in [5.74, 6) is -3.92. The highest BCUT2D eigenvalue weighted by Crippen LogP contribution is 2.35. The third-order valence-electron chi connectivity index (χ3n) is 14.0. The molecule has 7 heterocycles. The van der Waals surface area contributed by atoms with Crippen molar-refractivity contribution < 1.29 is 40.8 Å². The van der Waals surface area contributed by atoms with Crippen LogP contribution in [0.5, 0.6) is 0 Å². The van der Waals surface area contributed by atoms with Crippen LogP contribution in [0.3, 0.4) is 0 Å². The summed E-state index contributed by atoms with van der Waals surface area (Å²) >= 11 is 0. The summed E-state index contributed by atoms with van der Waals surface area (Å²) in [5, 5.41) is 0.332. The molecule has 67 heavy (non-hydrogen) atoms. The number of piperidine rings is 2. The van der Waals surface area contributed by atoms with Crippen LogP contribution < -0.4 is 14.5 Å². The summed E-state index contributed by atoms with van der Waals surface area (Å²) in [6, 6.07) is 16.7. The fraction of sp³-hybridized carbons (Fsp3) is 0.375. The number of nitrogens with one attached hydrogen (secondary N) is 2. The molecular weight excluding hydrogens is 888 g/mol. The lowest BCUT2D eigenvalue weighted by molar-refractivity contribution is -0.148. The van der Waals surface area contributed by atoms with E-state index in [2.05, 4.69) is 37.8 Å². The number of ketones is 1. The van der Waals surface area contributed by atoms with E-state index in [1.165, 1.54) is 6.20 Å². The van der Waals surface area contributed by atoms with Crippen molar-refractivity contribution in [3.8, 4) is 11.1 Å². The van der Waals surface area contributed by atoms with Crippen LogP contribution in [0.2, 0.25) is 0 Å². The van der Waals surface area contributed by atoms with E-state index in [1.54, 1.807) is 17.2 Å². The van der Waals surface area contributed by atoms with Crippen molar-refractivity contribution in [3.63, 3.8) is 0 Å². The van der Waals surface area contributed by atoms with Crippen LogP contribution in [0.4, 0.5) is 30.2 Å². The second-order valence-corrected chi connectivity index (χ2v) is 19.7. The Balaban J connectivity index is 0.728. The monoisotopic (exact) mass is 936 g/mol. The van der Waals surface area contributed by atoms with Crippen LogP contribution in [-0.4, -0.2) is 132 Å². The van der Waals surface area contributed by atoms with Gasteiger partial charge in [-0.05, 0) is 91.3 Å². The molecule has 2 atom stereocenters. The maximum absolute atomic E-state index is 15.8. The number of nitrogens with zero attached hydrogens (tertiary/aromatic N) is 7. The average molecular weight is 937 g/mol. The number of likely N-dealkylation sites (tertiary alicyclic amines) is 1. The Hall–Kier alpha value is -6.31. The largest absolute Gasteiger partial charge is 0.372 e. The first kappa shape index (κ1) is 44.5. The van der Waals surface area contributed by atoms with E-state index in [-0.39, 0.29) is 43.3 Å². The van der Waals surface area contributed by atoms with Crippen molar-refractivity contribution in [2.45, 2.75) is 50.9 Å². The van der Waals surface area contributed by atoms with E-state index in [0.29, 0.717) is 41.0 Å². The first-order valence-corrected chi connectivity index (χ1v) is 24.0. The summed E-state index contributed by atoms with van der Waals surface area (Å²) in [5.41, 5.74) is 3.88. The molecular formula is C48H49F3N9O6S. The number of H-pyrrole nitrogens is 1. The highest BCUT2D eigenvalue weighted by Gasteiger charge is 2.42. The first-order valence-electron chi connectivity index (χ1n) is 22.6. The van der Waals surface area contributed by atoms with Gasteiger partial charge in [0, 0.05) is 125 Å². The number of piperazine rings is 1. The van der Waals surface area contributed by atoms with Crippen LogP contribution in [0.1, 0.15) is 63.9 Å². The number of carbonyl (C=O) groups excluding carboxylic acids is 4. The van der Waals surface area contributed by atoms with Gasteiger partial charge in [-0.2, -0.15) is 12.7 Å². The summed E-state index contributed by atoms with van der Waals surface area (Å²) in [6.07, 6.45) is 4.23. The van der Waals surface area contributed by atoms with Crippen molar-refractivity contribution in [1.82, 2.24) is 29.0 Å². The maximum atomic E-state index is 15.8. The minimum atomic E-state index is -4.36. The highest BCUT2D eigenvalue weighted by atomic mass is 32.2. The second kappa shape index (κ2) is 17.7. The molecule has 15 nitrogen and oxygen atoms in total. The smallest absolute Gasteiger partial charge is 0.301 e. The lowest BCUT2D eigenvalue weighted by atomic mass is 9.95. The Labute approximate surface area is 385 Å². The van der Waals surface area contributed by atoms with Gasteiger partial charge in [-0.15, -0.1) is 0 Å². The lowest BCUT2D eigenvalue weighted by Gasteiger charge is -2.40. The SMILES string of the molecule is [CH2]N1C(=O)CCC(N2Cc3cc(N4CCC(CN5CCN(c6ccc(-c7cnc8[nH]cc(C(=O)c9c(F)ccc(NS(=O)(=O)N%10CC[C@@H](F)C%10)c9F)c8c7)cc6)CC5)CC4)ccc3C2=O)C1=O. The van der Waals surface area contributed by atoms with E-state index < -0.39 is 57.0 Å². The van der Waals surface area contributed by atoms with Crippen molar-refractivity contribution >= 4 is 61.8 Å². The fourth-order valence-electron chi connectivity index (χ4n) is 10.1. The summed E-state index contributed by atoms with van der Waals surface area (Å²) in [4.78, 5) is 68.8. The molecule has 10 rings (SSSR count). The standard InChI is InChI=1S/C48H49F3N9O6S/c1-55-42(61)11-10-41(48(55)64)60-27-32-22-35(6-7-36(32)47(60)63)57-15-12-29(13-16-57)26-56-18-20-58(21-19-56)34-4-2-30(3-5-34)31-23-37-38(25-53-46(37)52-24-31)45(62)43-39(50)8-9-40(44(43)51)54-67(65,66)59-17-14-33(49)28-59/h2-9,22-25,29,33,41,54H,1,10-21,26-28H2,(H,52,53)/t33-,41?/m1/s1. The van der Waals surface area contributed by atoms with Crippen molar-refractivity contribution in [2.75, 3.05) is 73.4 Å². The molecule has 0 saturated carbocycles. The van der Waals surface area contributed by atoms with Gasteiger partial charge in [0.1, 0.15) is 23.7 Å². The zero-order chi connectivity index (χ0) is 46.7. The van der Waals surface area contributed by atoms with E-state index in [9.17, 15) is 32.0 Å². The quantitative estimate of drug-likeness (QED) is 0.123. The Morgan fingerprint density at radius 3 is 2.31 bits per heavy atom. The molecule has 5 aromatic rings. The number of anilines is 3. The normalized spacial score (nSPS) is 21.2. The third-order valence-corrected chi connectivity index (χ3v) is 15.5. The van der Waals surface area contributed by atoms with Gasteiger partial charge in [-0.1, -0.05) is 12.1 Å². The summed E-state index contributed by atoms with van der Waals surface area (Å²) in [6.45, 7) is 6.31. The topological polar surface area (TPSA) is 163 Å². The molecule has 2 aromatic heterocycles. The van der Waals surface area contributed by atoms with Crippen molar-refractivity contribution in [2.24, 2.45) is 5.92 Å². The number of amides is 3. The van der Waals surface area contributed by atoms with Crippen LogP contribution in [0.15, 0.2) is 73.1 Å². The summed E-state index contributed by atoms with van der Waals surface area (Å²) in [7, 11) is -0.777. The number of hydrogen-bond donors (Lipinski definition) is 2. The molecule has 1 unspecified atom stereocenters. The zero-order valence-electron chi connectivity index (χ0n) is 36.6. The molecule has 3 amide bonds. The molecule has 19 heteroatoms. The molecule has 4 saturated heterocycles. The molecule has 5 aliphatic rings. The molecule has 0 aliphatic carbocycles. The van der Waals surface area contributed by atoms with Gasteiger partial charge in [0.2, 0.25) is 11.7 Å². The van der Waals surface area contributed by atoms with Crippen molar-refractivity contribution in [1.29, 1.82) is 0 Å². The van der Waals surface area contributed by atoms with E-state index in [1.807, 2.05) is 41.1 Å². The second-order valence-electron chi connectivity index (χ2n) is 18.0. The molecule has 0 bridgehead atoms. The van der Waals surface area contributed by atoms with Gasteiger partial charge >= 0.3 is 10.2 Å². The van der Waals surface area contributed by atoms with Crippen molar-refractivity contribution in [3.05, 3.63) is 114 Å². The highest BCUT2D eigenvalue weighted by molar-refractivity contribution is 7.90. The minimum absolute atomic E-state index is 0.00264. The number of aromatic amines is 1. The molecule has 349 valence electrons. The van der Waals surface area contributed by atoms with Crippen LogP contribution in [0, 0.1) is 24.6 Å². The fourth-order valence-corrected chi connectivity index (χ4v) is 11.4. The molecule has 5 aliphatic heterocycles. The van der Waals surface area contributed by atoms with E-state index >= 15 is 8.78 Å². The number of aromatic nitrogens is 2.